The molecule has 2 amide bonds. The first kappa shape index (κ1) is 16.9. The van der Waals surface area contributed by atoms with Crippen molar-refractivity contribution in [2.75, 3.05) is 12.0 Å². The van der Waals surface area contributed by atoms with Crippen LogP contribution >= 0.6 is 15.9 Å². The van der Waals surface area contributed by atoms with Gasteiger partial charge in [0.05, 0.1) is 18.7 Å². The lowest BCUT2D eigenvalue weighted by molar-refractivity contribution is 0.0378. The minimum absolute atomic E-state index is 0.112. The molecule has 0 unspecified atom stereocenters. The van der Waals surface area contributed by atoms with E-state index in [1.165, 1.54) is 7.11 Å². The van der Waals surface area contributed by atoms with Gasteiger partial charge in [0.15, 0.2) is 5.72 Å². The number of hydrogen-bond donors (Lipinski definition) is 1. The Labute approximate surface area is 159 Å². The van der Waals surface area contributed by atoms with E-state index in [1.807, 2.05) is 25.1 Å². The fourth-order valence-electron chi connectivity index (χ4n) is 3.60. The molecule has 26 heavy (non-hydrogen) atoms. The highest BCUT2D eigenvalue weighted by Crippen LogP contribution is 2.46. The summed E-state index contributed by atoms with van der Waals surface area (Å²) in [5.74, 6) is 0.336. The average Bonchev–Trinajstić information content (AvgIpc) is 2.62. The second-order valence-corrected chi connectivity index (χ2v) is 7.45. The molecule has 1 fully saturated rings. The zero-order valence-corrected chi connectivity index (χ0v) is 15.9. The van der Waals surface area contributed by atoms with Gasteiger partial charge in [-0.1, -0.05) is 15.9 Å². The molecule has 0 radical (unpaired) electrons. The number of methoxy groups -OCH3 is 1. The normalized spacial score (nSPS) is 23.6. The average molecular weight is 417 g/mol. The summed E-state index contributed by atoms with van der Waals surface area (Å²) in [6.45, 7) is 1.90. The molecule has 0 spiro atoms. The Morgan fingerprint density at radius 1 is 1.31 bits per heavy atom. The Balaban J connectivity index is 1.71. The Kier molecular flexibility index (Phi) is 3.91. The van der Waals surface area contributed by atoms with Gasteiger partial charge in [-0.3, -0.25) is 4.90 Å². The third-order valence-electron chi connectivity index (χ3n) is 4.78. The lowest BCUT2D eigenvalue weighted by Crippen LogP contribution is -2.65. The number of urea groups is 1. The molecule has 0 aromatic heterocycles. The maximum absolute atomic E-state index is 12.8. The third kappa shape index (κ3) is 2.63. The van der Waals surface area contributed by atoms with Crippen LogP contribution in [-0.4, -0.2) is 24.8 Å². The molecule has 0 aliphatic carbocycles. The molecule has 7 heteroatoms. The van der Waals surface area contributed by atoms with E-state index in [-0.39, 0.29) is 12.1 Å². The summed E-state index contributed by atoms with van der Waals surface area (Å²) in [4.78, 5) is 26.0. The van der Waals surface area contributed by atoms with Crippen LogP contribution in [0.5, 0.6) is 5.75 Å². The van der Waals surface area contributed by atoms with Crippen molar-refractivity contribution < 1.29 is 19.1 Å². The van der Waals surface area contributed by atoms with Gasteiger partial charge >= 0.3 is 12.0 Å². The molecule has 0 saturated carbocycles. The summed E-state index contributed by atoms with van der Waals surface area (Å²) >= 11 is 3.47. The van der Waals surface area contributed by atoms with Gasteiger partial charge in [-0.25, -0.2) is 9.59 Å². The molecule has 2 atom stereocenters. The highest BCUT2D eigenvalue weighted by Gasteiger charge is 2.49. The van der Waals surface area contributed by atoms with Gasteiger partial charge in [-0.15, -0.1) is 0 Å². The Morgan fingerprint density at radius 3 is 2.73 bits per heavy atom. The number of nitrogens with zero attached hydrogens (tertiary/aromatic N) is 1. The zero-order chi connectivity index (χ0) is 18.5. The van der Waals surface area contributed by atoms with E-state index >= 15 is 0 Å². The molecule has 2 aromatic rings. The molecular formula is C19H17BrN2O4. The van der Waals surface area contributed by atoms with Gasteiger partial charge in [-0.05, 0) is 49.4 Å². The molecule has 2 bridgehead atoms. The van der Waals surface area contributed by atoms with E-state index in [9.17, 15) is 9.59 Å². The predicted octanol–water partition coefficient (Wildman–Crippen LogP) is 4.01. The number of ether oxygens (including phenoxy) is 2. The van der Waals surface area contributed by atoms with Crippen molar-refractivity contribution in [3.63, 3.8) is 0 Å². The number of fused-ring (bicyclic) bond motifs is 4. The van der Waals surface area contributed by atoms with Crippen molar-refractivity contribution >= 4 is 33.6 Å². The molecule has 6 nitrogen and oxygen atoms in total. The number of benzene rings is 2. The molecule has 2 aliphatic rings. The SMILES string of the molecule is COC(=O)c1ccc(N2C(=O)N[C@H]3C[C@@]2(C)Oc2ccc(Br)cc23)cc1. The number of nitrogens with one attached hydrogen (secondary N) is 1. The second-order valence-electron chi connectivity index (χ2n) is 6.54. The van der Waals surface area contributed by atoms with Crippen LogP contribution in [-0.2, 0) is 4.74 Å². The number of carbonyl (C=O) groups is 2. The summed E-state index contributed by atoms with van der Waals surface area (Å²) in [6.07, 6.45) is 0.612. The van der Waals surface area contributed by atoms with Crippen LogP contribution in [0.2, 0.25) is 0 Å². The van der Waals surface area contributed by atoms with Crippen molar-refractivity contribution in [1.29, 1.82) is 0 Å². The van der Waals surface area contributed by atoms with E-state index in [0.29, 0.717) is 17.7 Å². The quantitative estimate of drug-likeness (QED) is 0.751. The fourth-order valence-corrected chi connectivity index (χ4v) is 3.98. The summed E-state index contributed by atoms with van der Waals surface area (Å²) in [5.41, 5.74) is 1.22. The first-order valence-corrected chi connectivity index (χ1v) is 8.98. The van der Waals surface area contributed by atoms with E-state index < -0.39 is 11.7 Å². The number of esters is 1. The lowest BCUT2D eigenvalue weighted by atomic mass is 9.90. The molecule has 4 rings (SSSR count). The van der Waals surface area contributed by atoms with Crippen LogP contribution in [0, 0.1) is 0 Å². The van der Waals surface area contributed by atoms with Gasteiger partial charge in [0.2, 0.25) is 0 Å². The number of rotatable bonds is 2. The summed E-state index contributed by atoms with van der Waals surface area (Å²) in [6, 6.07) is 12.2. The van der Waals surface area contributed by atoms with Crippen LogP contribution in [0.1, 0.15) is 35.3 Å². The van der Waals surface area contributed by atoms with E-state index in [0.717, 1.165) is 15.8 Å². The van der Waals surface area contributed by atoms with E-state index in [1.54, 1.807) is 29.2 Å². The van der Waals surface area contributed by atoms with Crippen molar-refractivity contribution in [2.24, 2.45) is 0 Å². The number of amides is 2. The van der Waals surface area contributed by atoms with Gasteiger partial charge in [0, 0.05) is 22.1 Å². The Hall–Kier alpha value is -2.54. The lowest BCUT2D eigenvalue weighted by Gasteiger charge is -2.50. The first-order valence-electron chi connectivity index (χ1n) is 8.19. The summed E-state index contributed by atoms with van der Waals surface area (Å²) in [7, 11) is 1.33. The Bertz CT molecular complexity index is 899. The highest BCUT2D eigenvalue weighted by atomic mass is 79.9. The van der Waals surface area contributed by atoms with Crippen molar-refractivity contribution in [1.82, 2.24) is 5.32 Å². The summed E-state index contributed by atoms with van der Waals surface area (Å²) in [5, 5.41) is 3.05. The zero-order valence-electron chi connectivity index (χ0n) is 14.3. The number of anilines is 1. The molecule has 2 aromatic carbocycles. The third-order valence-corrected chi connectivity index (χ3v) is 5.27. The maximum atomic E-state index is 12.8. The predicted molar refractivity (Wildman–Crippen MR) is 99.3 cm³/mol. The van der Waals surface area contributed by atoms with E-state index in [2.05, 4.69) is 21.2 Å². The minimum atomic E-state index is -0.819. The number of halogens is 1. The smallest absolute Gasteiger partial charge is 0.337 e. The molecule has 1 saturated heterocycles. The monoisotopic (exact) mass is 416 g/mol. The molecule has 2 aliphatic heterocycles. The molecule has 1 N–H and O–H groups in total. The van der Waals surface area contributed by atoms with Crippen molar-refractivity contribution in [2.45, 2.75) is 25.1 Å². The highest BCUT2D eigenvalue weighted by molar-refractivity contribution is 9.10. The standard InChI is InChI=1S/C19H17BrN2O4/c1-19-10-15(14-9-12(20)5-8-16(14)26-19)21-18(24)22(19)13-6-3-11(4-7-13)17(23)25-2/h3-9,15H,10H2,1-2H3,(H,21,24)/t15-,19+/m0/s1. The van der Waals surface area contributed by atoms with Crippen molar-refractivity contribution in [3.8, 4) is 5.75 Å². The van der Waals surface area contributed by atoms with Crippen LogP contribution in [0.25, 0.3) is 0 Å². The van der Waals surface area contributed by atoms with Gasteiger partial charge in [-0.2, -0.15) is 0 Å². The van der Waals surface area contributed by atoms with Gasteiger partial charge in [0.25, 0.3) is 0 Å². The number of carbonyl (C=O) groups excluding carboxylic acids is 2. The topological polar surface area (TPSA) is 67.9 Å². The van der Waals surface area contributed by atoms with Gasteiger partial charge in [0.1, 0.15) is 5.75 Å². The van der Waals surface area contributed by atoms with E-state index in [4.69, 9.17) is 9.47 Å². The first-order chi connectivity index (χ1) is 12.4. The van der Waals surface area contributed by atoms with Gasteiger partial charge < -0.3 is 14.8 Å². The molecular weight excluding hydrogens is 400 g/mol. The Morgan fingerprint density at radius 2 is 2.04 bits per heavy atom. The largest absolute Gasteiger partial charge is 0.467 e. The summed E-state index contributed by atoms with van der Waals surface area (Å²) < 4.78 is 11.9. The maximum Gasteiger partial charge on any atom is 0.337 e. The molecule has 2 heterocycles. The van der Waals surface area contributed by atoms with Crippen LogP contribution in [0.15, 0.2) is 46.9 Å². The van der Waals surface area contributed by atoms with Crippen LogP contribution < -0.4 is 15.0 Å². The minimum Gasteiger partial charge on any atom is -0.467 e. The fraction of sp³-hybridized carbons (Fsp3) is 0.263. The van der Waals surface area contributed by atoms with Crippen LogP contribution in [0.3, 0.4) is 0 Å². The van der Waals surface area contributed by atoms with Crippen molar-refractivity contribution in [3.05, 3.63) is 58.1 Å². The molecule has 134 valence electrons. The number of hydrogen-bond acceptors (Lipinski definition) is 4. The van der Waals surface area contributed by atoms with Crippen LogP contribution in [0.4, 0.5) is 10.5 Å². The second kappa shape index (κ2) is 6.02.